The maximum absolute atomic E-state index is 6.35. The van der Waals surface area contributed by atoms with Gasteiger partial charge in [-0.2, -0.15) is 0 Å². The second-order valence-electron chi connectivity index (χ2n) is 18.5. The Kier molecular flexibility index (Phi) is 15.5. The minimum absolute atomic E-state index is 0.622. The van der Waals surface area contributed by atoms with E-state index in [2.05, 4.69) is 141 Å². The van der Waals surface area contributed by atoms with Crippen LogP contribution in [0.25, 0.3) is 32.7 Å². The third-order valence-electron chi connectivity index (χ3n) is 13.8. The van der Waals surface area contributed by atoms with Crippen molar-refractivity contribution >= 4 is 96.2 Å². The van der Waals surface area contributed by atoms with Crippen LogP contribution >= 0.6 is 46.4 Å². The van der Waals surface area contributed by atoms with Crippen LogP contribution in [0.1, 0.15) is 16.7 Å². The number of nitrogens with one attached hydrogen (secondary N) is 3. The standard InChI is InChI=1S/C19H19Cl2N3.2C19H20ClN3/c20-16-2-1-3-18(19(16)21)24-10-8-23(9-11-24)13-14-4-5-17-15(12-14)6-7-22-17;20-17-2-1-3-18(13-17)23-10-8-22(9-11-23)14-15-4-5-19-16(12-15)6-7-21-19;20-17-3-1-2-4-19(17)23-11-9-22(10-12-23)14-15-5-6-18-16(13-15)7-8-21-18/h1-7,12,22H,8-11,13H2;1-7,12-13,21H,8-11,14H2;1-8,13,21H,9-12,14H2. The Bertz CT molecular complexity index is 3120. The van der Waals surface area contributed by atoms with Gasteiger partial charge in [0, 0.05) is 144 Å². The van der Waals surface area contributed by atoms with E-state index in [1.54, 1.807) is 0 Å². The summed E-state index contributed by atoms with van der Waals surface area (Å²) < 4.78 is 0. The molecule has 9 aromatic rings. The molecule has 6 aromatic carbocycles. The Morgan fingerprint density at radius 2 is 0.771 bits per heavy atom. The molecule has 12 rings (SSSR count). The summed E-state index contributed by atoms with van der Waals surface area (Å²) in [7, 11) is 0. The Labute approximate surface area is 431 Å². The third kappa shape index (κ3) is 11.9. The average molecular weight is 1010 g/mol. The predicted molar refractivity (Wildman–Crippen MR) is 297 cm³/mol. The number of aromatic amines is 3. The van der Waals surface area contributed by atoms with E-state index in [9.17, 15) is 0 Å². The molecule has 0 bridgehead atoms. The Balaban J connectivity index is 0.000000122. The van der Waals surface area contributed by atoms with E-state index in [0.29, 0.717) is 10.0 Å². The highest BCUT2D eigenvalue weighted by Gasteiger charge is 2.22. The molecule has 0 radical (unpaired) electrons. The van der Waals surface area contributed by atoms with Crippen LogP contribution < -0.4 is 14.7 Å². The van der Waals surface area contributed by atoms with Crippen molar-refractivity contribution in [3.05, 3.63) is 195 Å². The van der Waals surface area contributed by atoms with Gasteiger partial charge in [0.15, 0.2) is 0 Å². The predicted octanol–water partition coefficient (Wildman–Crippen LogP) is 13.1. The molecule has 0 amide bonds. The summed E-state index contributed by atoms with van der Waals surface area (Å²) in [5.41, 5.74) is 11.1. The fourth-order valence-corrected chi connectivity index (χ4v) is 10.8. The van der Waals surface area contributed by atoms with Crippen molar-refractivity contribution < 1.29 is 0 Å². The monoisotopic (exact) mass is 1010 g/mol. The minimum Gasteiger partial charge on any atom is -0.369 e. The summed E-state index contributed by atoms with van der Waals surface area (Å²) in [4.78, 5) is 24.4. The molecule has 3 N–H and O–H groups in total. The molecule has 3 aliphatic rings. The first kappa shape index (κ1) is 48.0. The molecule has 13 heteroatoms. The third-order valence-corrected chi connectivity index (χ3v) is 15.2. The highest BCUT2D eigenvalue weighted by Crippen LogP contribution is 2.33. The maximum atomic E-state index is 6.35. The normalized spacial score (nSPS) is 16.1. The SMILES string of the molecule is Clc1cccc(N2CCN(Cc3ccc4[nH]ccc4c3)CC2)c1.Clc1cccc(N2CCN(Cc3ccc4[nH]ccc4c3)CC2)c1Cl.Clc1ccccc1N1CCN(Cc2ccc3[nH]ccc3c2)CC1. The Hall–Kier alpha value is -5.62. The summed E-state index contributed by atoms with van der Waals surface area (Å²) in [5, 5.41) is 6.79. The van der Waals surface area contributed by atoms with E-state index in [4.69, 9.17) is 46.4 Å². The van der Waals surface area contributed by atoms with Gasteiger partial charge in [0.05, 0.1) is 26.4 Å². The molecular formula is C57H59Cl4N9. The number of halogens is 4. The number of fused-ring (bicyclic) bond motifs is 3. The van der Waals surface area contributed by atoms with Crippen molar-refractivity contribution in [2.24, 2.45) is 0 Å². The molecule has 0 unspecified atom stereocenters. The molecule has 9 nitrogen and oxygen atoms in total. The van der Waals surface area contributed by atoms with E-state index >= 15 is 0 Å². The van der Waals surface area contributed by atoms with Gasteiger partial charge in [-0.1, -0.05) is 88.9 Å². The van der Waals surface area contributed by atoms with Gasteiger partial charge in [-0.25, -0.2) is 0 Å². The molecule has 3 aromatic heterocycles. The van der Waals surface area contributed by atoms with Crippen LogP contribution in [0.2, 0.25) is 20.1 Å². The lowest BCUT2D eigenvalue weighted by Gasteiger charge is -2.36. The van der Waals surface area contributed by atoms with Crippen molar-refractivity contribution in [2.45, 2.75) is 19.6 Å². The van der Waals surface area contributed by atoms with Crippen LogP contribution in [0.3, 0.4) is 0 Å². The van der Waals surface area contributed by atoms with Crippen LogP contribution in [0.5, 0.6) is 0 Å². The Morgan fingerprint density at radius 1 is 0.357 bits per heavy atom. The number of hydrogen-bond acceptors (Lipinski definition) is 6. The first-order chi connectivity index (χ1) is 34.3. The molecule has 3 saturated heterocycles. The van der Waals surface area contributed by atoms with Gasteiger partial charge in [-0.15, -0.1) is 0 Å². The number of anilines is 3. The molecule has 3 fully saturated rings. The van der Waals surface area contributed by atoms with E-state index in [1.165, 1.54) is 55.1 Å². The van der Waals surface area contributed by atoms with Crippen LogP contribution in [0.4, 0.5) is 17.1 Å². The number of hydrogen-bond donors (Lipinski definition) is 3. The number of piperazine rings is 3. The highest BCUT2D eigenvalue weighted by molar-refractivity contribution is 6.43. The summed E-state index contributed by atoms with van der Waals surface area (Å²) in [5.74, 6) is 0. The zero-order chi connectivity index (χ0) is 47.8. The lowest BCUT2D eigenvalue weighted by atomic mass is 10.1. The van der Waals surface area contributed by atoms with Gasteiger partial charge in [-0.05, 0) is 130 Å². The van der Waals surface area contributed by atoms with Crippen molar-refractivity contribution in [2.75, 3.05) is 93.2 Å². The van der Waals surface area contributed by atoms with Gasteiger partial charge < -0.3 is 29.7 Å². The average Bonchev–Trinajstić information content (AvgIpc) is 4.18. The first-order valence-corrected chi connectivity index (χ1v) is 25.8. The van der Waals surface area contributed by atoms with Crippen molar-refractivity contribution in [3.63, 3.8) is 0 Å². The number of aromatic nitrogens is 3. The zero-order valence-corrected chi connectivity index (χ0v) is 42.3. The number of nitrogens with zero attached hydrogens (tertiary/aromatic N) is 6. The van der Waals surface area contributed by atoms with Crippen molar-refractivity contribution in [1.82, 2.24) is 29.7 Å². The quantitative estimate of drug-likeness (QED) is 0.134. The van der Waals surface area contributed by atoms with Gasteiger partial charge in [0.25, 0.3) is 0 Å². The van der Waals surface area contributed by atoms with Crippen molar-refractivity contribution in [1.29, 1.82) is 0 Å². The molecule has 360 valence electrons. The molecule has 6 heterocycles. The summed E-state index contributed by atoms with van der Waals surface area (Å²) in [6.07, 6.45) is 5.98. The van der Waals surface area contributed by atoms with Gasteiger partial charge in [0.2, 0.25) is 0 Å². The lowest BCUT2D eigenvalue weighted by Crippen LogP contribution is -2.46. The minimum atomic E-state index is 0.622. The van der Waals surface area contributed by atoms with E-state index in [-0.39, 0.29) is 0 Å². The number of H-pyrrole nitrogens is 3. The molecule has 3 aliphatic heterocycles. The number of para-hydroxylation sites is 1. The highest BCUT2D eigenvalue weighted by atomic mass is 35.5. The first-order valence-electron chi connectivity index (χ1n) is 24.3. The summed E-state index contributed by atoms with van der Waals surface area (Å²) in [6.45, 7) is 15.4. The van der Waals surface area contributed by atoms with E-state index in [0.717, 1.165) is 120 Å². The van der Waals surface area contributed by atoms with Crippen molar-refractivity contribution in [3.8, 4) is 0 Å². The lowest BCUT2D eigenvalue weighted by molar-refractivity contribution is 0.250. The Morgan fingerprint density at radius 3 is 1.24 bits per heavy atom. The number of rotatable bonds is 9. The fourth-order valence-electron chi connectivity index (χ4n) is 9.95. The molecule has 0 aliphatic carbocycles. The number of benzene rings is 6. The molecule has 70 heavy (non-hydrogen) atoms. The summed E-state index contributed by atoms with van der Waals surface area (Å²) in [6, 6.07) is 48.5. The molecule has 0 atom stereocenters. The second-order valence-corrected chi connectivity index (χ2v) is 20.1. The van der Waals surface area contributed by atoms with Crippen LogP contribution in [-0.4, -0.2) is 108 Å². The van der Waals surface area contributed by atoms with Gasteiger partial charge in [-0.3, -0.25) is 14.7 Å². The summed E-state index contributed by atoms with van der Waals surface area (Å²) >= 11 is 24.9. The second kappa shape index (κ2) is 22.6. The molecule has 0 spiro atoms. The van der Waals surface area contributed by atoms with Gasteiger partial charge in [0.1, 0.15) is 0 Å². The van der Waals surface area contributed by atoms with E-state index < -0.39 is 0 Å². The largest absolute Gasteiger partial charge is 0.369 e. The van der Waals surface area contributed by atoms with Crippen LogP contribution in [0.15, 0.2) is 158 Å². The maximum Gasteiger partial charge on any atom is 0.0825 e. The fraction of sp³-hybridized carbons (Fsp3) is 0.263. The van der Waals surface area contributed by atoms with Crippen LogP contribution in [-0.2, 0) is 19.6 Å². The molecular weight excluding hydrogens is 953 g/mol. The topological polar surface area (TPSA) is 66.8 Å². The van der Waals surface area contributed by atoms with Crippen LogP contribution in [0, 0.1) is 0 Å². The van der Waals surface area contributed by atoms with Gasteiger partial charge >= 0.3 is 0 Å². The molecule has 0 saturated carbocycles. The van der Waals surface area contributed by atoms with E-state index in [1.807, 2.05) is 61.1 Å². The zero-order valence-electron chi connectivity index (χ0n) is 39.3. The smallest absolute Gasteiger partial charge is 0.0825 e.